The van der Waals surface area contributed by atoms with Gasteiger partial charge in [-0.2, -0.15) is 0 Å². The van der Waals surface area contributed by atoms with Crippen molar-refractivity contribution in [2.24, 2.45) is 0 Å². The summed E-state index contributed by atoms with van der Waals surface area (Å²) in [6, 6.07) is 15.0. The SMILES string of the molecule is Cc1ccc(C)c(NC(=O)C(=O)NC(C)c2ccccc2)c1. The fourth-order valence-electron chi connectivity index (χ4n) is 2.14. The van der Waals surface area contributed by atoms with Gasteiger partial charge in [0.1, 0.15) is 0 Å². The number of benzene rings is 2. The van der Waals surface area contributed by atoms with Crippen molar-refractivity contribution in [1.29, 1.82) is 0 Å². The highest BCUT2D eigenvalue weighted by molar-refractivity contribution is 6.39. The van der Waals surface area contributed by atoms with Crippen molar-refractivity contribution >= 4 is 17.5 Å². The van der Waals surface area contributed by atoms with Crippen LogP contribution in [0.5, 0.6) is 0 Å². The quantitative estimate of drug-likeness (QED) is 0.855. The van der Waals surface area contributed by atoms with Crippen molar-refractivity contribution in [2.75, 3.05) is 5.32 Å². The molecule has 0 aliphatic carbocycles. The van der Waals surface area contributed by atoms with Crippen molar-refractivity contribution in [2.45, 2.75) is 26.8 Å². The molecular formula is C18H20N2O2. The average molecular weight is 296 g/mol. The van der Waals surface area contributed by atoms with Crippen LogP contribution in [0.2, 0.25) is 0 Å². The lowest BCUT2D eigenvalue weighted by Gasteiger charge is -2.14. The molecule has 1 unspecified atom stereocenters. The van der Waals surface area contributed by atoms with Crippen LogP contribution in [0.3, 0.4) is 0 Å². The molecule has 0 aliphatic heterocycles. The van der Waals surface area contributed by atoms with Gasteiger partial charge >= 0.3 is 11.8 Å². The van der Waals surface area contributed by atoms with E-state index in [0.29, 0.717) is 5.69 Å². The van der Waals surface area contributed by atoms with Crippen LogP contribution in [0, 0.1) is 13.8 Å². The summed E-state index contributed by atoms with van der Waals surface area (Å²) in [4.78, 5) is 24.0. The summed E-state index contributed by atoms with van der Waals surface area (Å²) in [5, 5.41) is 5.36. The monoisotopic (exact) mass is 296 g/mol. The predicted octanol–water partition coefficient (Wildman–Crippen LogP) is 3.12. The predicted molar refractivity (Wildman–Crippen MR) is 87.5 cm³/mol. The molecule has 1 atom stereocenters. The highest BCUT2D eigenvalue weighted by Gasteiger charge is 2.17. The van der Waals surface area contributed by atoms with E-state index in [1.807, 2.05) is 69.3 Å². The lowest BCUT2D eigenvalue weighted by atomic mass is 10.1. The zero-order chi connectivity index (χ0) is 16.1. The van der Waals surface area contributed by atoms with Crippen molar-refractivity contribution in [3.63, 3.8) is 0 Å². The molecule has 4 heteroatoms. The molecule has 2 aromatic carbocycles. The zero-order valence-electron chi connectivity index (χ0n) is 13.0. The molecule has 2 amide bonds. The number of rotatable bonds is 3. The van der Waals surface area contributed by atoms with Crippen LogP contribution in [-0.2, 0) is 9.59 Å². The number of aryl methyl sites for hydroxylation is 2. The van der Waals surface area contributed by atoms with E-state index in [9.17, 15) is 9.59 Å². The fraction of sp³-hybridized carbons (Fsp3) is 0.222. The lowest BCUT2D eigenvalue weighted by Crippen LogP contribution is -2.37. The smallest absolute Gasteiger partial charge is 0.313 e. The van der Waals surface area contributed by atoms with E-state index < -0.39 is 11.8 Å². The summed E-state index contributed by atoms with van der Waals surface area (Å²) in [5.41, 5.74) is 3.56. The number of anilines is 1. The Morgan fingerprint density at radius 2 is 1.64 bits per heavy atom. The second-order valence-corrected chi connectivity index (χ2v) is 5.38. The highest BCUT2D eigenvalue weighted by Crippen LogP contribution is 2.16. The number of amides is 2. The zero-order valence-corrected chi connectivity index (χ0v) is 13.0. The van der Waals surface area contributed by atoms with Gasteiger partial charge in [0.15, 0.2) is 0 Å². The van der Waals surface area contributed by atoms with Crippen LogP contribution in [0.4, 0.5) is 5.69 Å². The third-order valence-corrected chi connectivity index (χ3v) is 3.49. The van der Waals surface area contributed by atoms with E-state index in [0.717, 1.165) is 16.7 Å². The number of nitrogens with one attached hydrogen (secondary N) is 2. The Balaban J connectivity index is 2.01. The molecule has 22 heavy (non-hydrogen) atoms. The second-order valence-electron chi connectivity index (χ2n) is 5.38. The molecule has 0 heterocycles. The highest BCUT2D eigenvalue weighted by atomic mass is 16.2. The molecule has 2 N–H and O–H groups in total. The molecule has 0 saturated heterocycles. The van der Waals surface area contributed by atoms with Gasteiger partial charge in [0.2, 0.25) is 0 Å². The summed E-state index contributed by atoms with van der Waals surface area (Å²) in [6.07, 6.45) is 0. The van der Waals surface area contributed by atoms with E-state index in [1.54, 1.807) is 0 Å². The average Bonchev–Trinajstić information content (AvgIpc) is 2.51. The Kier molecular flexibility index (Phi) is 4.94. The van der Waals surface area contributed by atoms with Crippen LogP contribution in [0.15, 0.2) is 48.5 Å². The molecular weight excluding hydrogens is 276 g/mol. The second kappa shape index (κ2) is 6.89. The van der Waals surface area contributed by atoms with Gasteiger partial charge in [-0.15, -0.1) is 0 Å². The van der Waals surface area contributed by atoms with Gasteiger partial charge in [0.05, 0.1) is 6.04 Å². The largest absolute Gasteiger partial charge is 0.341 e. The van der Waals surface area contributed by atoms with Gasteiger partial charge in [0, 0.05) is 5.69 Å². The van der Waals surface area contributed by atoms with E-state index in [-0.39, 0.29) is 6.04 Å². The van der Waals surface area contributed by atoms with Crippen molar-refractivity contribution in [3.05, 3.63) is 65.2 Å². The first-order valence-corrected chi connectivity index (χ1v) is 7.21. The topological polar surface area (TPSA) is 58.2 Å². The first-order chi connectivity index (χ1) is 10.5. The maximum absolute atomic E-state index is 12.0. The van der Waals surface area contributed by atoms with Gasteiger partial charge < -0.3 is 10.6 Å². The van der Waals surface area contributed by atoms with Crippen LogP contribution in [0.1, 0.15) is 29.7 Å². The van der Waals surface area contributed by atoms with Crippen LogP contribution in [-0.4, -0.2) is 11.8 Å². The van der Waals surface area contributed by atoms with Crippen LogP contribution < -0.4 is 10.6 Å². The summed E-state index contributed by atoms with van der Waals surface area (Å²) in [7, 11) is 0. The molecule has 4 nitrogen and oxygen atoms in total. The number of carbonyl (C=O) groups excluding carboxylic acids is 2. The normalized spacial score (nSPS) is 11.6. The summed E-state index contributed by atoms with van der Waals surface area (Å²) in [5.74, 6) is -1.30. The maximum Gasteiger partial charge on any atom is 0.313 e. The molecule has 114 valence electrons. The minimum atomic E-state index is -0.656. The Labute approximate surface area is 130 Å². The Hall–Kier alpha value is -2.62. The van der Waals surface area contributed by atoms with Crippen LogP contribution >= 0.6 is 0 Å². The number of hydrogen-bond donors (Lipinski definition) is 2. The number of hydrogen-bond acceptors (Lipinski definition) is 2. The van der Waals surface area contributed by atoms with Gasteiger partial charge in [-0.25, -0.2) is 0 Å². The molecule has 0 fully saturated rings. The van der Waals surface area contributed by atoms with Crippen molar-refractivity contribution in [3.8, 4) is 0 Å². The first kappa shape index (κ1) is 15.8. The molecule has 0 bridgehead atoms. The molecule has 0 radical (unpaired) electrons. The lowest BCUT2D eigenvalue weighted by molar-refractivity contribution is -0.136. The van der Waals surface area contributed by atoms with Crippen LogP contribution in [0.25, 0.3) is 0 Å². The van der Waals surface area contributed by atoms with E-state index in [2.05, 4.69) is 10.6 Å². The molecule has 0 aliphatic rings. The number of carbonyl (C=O) groups is 2. The van der Waals surface area contributed by atoms with Gasteiger partial charge in [-0.1, -0.05) is 42.5 Å². The molecule has 0 saturated carbocycles. The van der Waals surface area contributed by atoms with E-state index in [1.165, 1.54) is 0 Å². The summed E-state index contributed by atoms with van der Waals surface area (Å²) >= 11 is 0. The van der Waals surface area contributed by atoms with Crippen molar-refractivity contribution < 1.29 is 9.59 Å². The van der Waals surface area contributed by atoms with Gasteiger partial charge in [-0.3, -0.25) is 9.59 Å². The van der Waals surface area contributed by atoms with Crippen molar-refractivity contribution in [1.82, 2.24) is 5.32 Å². The molecule has 0 aromatic heterocycles. The van der Waals surface area contributed by atoms with E-state index in [4.69, 9.17) is 0 Å². The Morgan fingerprint density at radius 1 is 0.955 bits per heavy atom. The summed E-state index contributed by atoms with van der Waals surface area (Å²) in [6.45, 7) is 5.67. The van der Waals surface area contributed by atoms with E-state index >= 15 is 0 Å². The molecule has 0 spiro atoms. The third kappa shape index (κ3) is 3.95. The standard InChI is InChI=1S/C18H20N2O2/c1-12-9-10-13(2)16(11-12)20-18(22)17(21)19-14(3)15-7-5-4-6-8-15/h4-11,14H,1-3H3,(H,19,21)(H,20,22). The Bertz CT molecular complexity index is 681. The Morgan fingerprint density at radius 3 is 2.32 bits per heavy atom. The third-order valence-electron chi connectivity index (χ3n) is 3.49. The van der Waals surface area contributed by atoms with Gasteiger partial charge in [0.25, 0.3) is 0 Å². The minimum Gasteiger partial charge on any atom is -0.341 e. The minimum absolute atomic E-state index is 0.224. The van der Waals surface area contributed by atoms with Gasteiger partial charge in [-0.05, 0) is 43.5 Å². The fourth-order valence-corrected chi connectivity index (χ4v) is 2.14. The maximum atomic E-state index is 12.0. The molecule has 2 rings (SSSR count). The first-order valence-electron chi connectivity index (χ1n) is 7.21. The summed E-state index contributed by atoms with van der Waals surface area (Å²) < 4.78 is 0. The molecule has 2 aromatic rings.